The standard InChI is InChI=1S/C19H20N2OS/c1-12-5-6-13(2)17(9-12)15(4)21-19(22)16(11-20)10-18-14(3)7-8-23-18/h5-10,15H,1-4H3,(H,21,22)/b16-10-/t15-/m1/s1. The van der Waals surface area contributed by atoms with Gasteiger partial charge < -0.3 is 5.32 Å². The lowest BCUT2D eigenvalue weighted by Crippen LogP contribution is -2.28. The number of rotatable bonds is 4. The van der Waals surface area contributed by atoms with Crippen molar-refractivity contribution in [1.29, 1.82) is 5.26 Å². The Labute approximate surface area is 141 Å². The number of hydrogen-bond donors (Lipinski definition) is 1. The number of amides is 1. The Bertz CT molecular complexity index is 796. The average molecular weight is 324 g/mol. The Balaban J connectivity index is 2.20. The van der Waals surface area contributed by atoms with E-state index in [0.29, 0.717) is 0 Å². The minimum absolute atomic E-state index is 0.132. The zero-order valence-corrected chi connectivity index (χ0v) is 14.6. The molecule has 0 bridgehead atoms. The predicted octanol–water partition coefficient (Wildman–Crippen LogP) is 4.46. The molecule has 23 heavy (non-hydrogen) atoms. The van der Waals surface area contributed by atoms with Crippen molar-refractivity contribution in [3.63, 3.8) is 0 Å². The fourth-order valence-corrected chi connectivity index (χ4v) is 3.25. The van der Waals surface area contributed by atoms with Crippen molar-refractivity contribution in [3.8, 4) is 6.07 Å². The number of hydrogen-bond acceptors (Lipinski definition) is 3. The average Bonchev–Trinajstić information content (AvgIpc) is 2.92. The zero-order valence-electron chi connectivity index (χ0n) is 13.8. The van der Waals surface area contributed by atoms with Crippen LogP contribution in [0.15, 0.2) is 35.2 Å². The third-order valence-electron chi connectivity index (χ3n) is 3.79. The van der Waals surface area contributed by atoms with E-state index in [2.05, 4.69) is 11.4 Å². The van der Waals surface area contributed by atoms with E-state index in [1.165, 1.54) is 11.3 Å². The van der Waals surface area contributed by atoms with E-state index in [-0.39, 0.29) is 17.5 Å². The van der Waals surface area contributed by atoms with Gasteiger partial charge in [-0.2, -0.15) is 5.26 Å². The first-order chi connectivity index (χ1) is 10.9. The van der Waals surface area contributed by atoms with Crippen LogP contribution in [0.25, 0.3) is 6.08 Å². The fourth-order valence-electron chi connectivity index (χ4n) is 2.39. The van der Waals surface area contributed by atoms with Crippen molar-refractivity contribution in [3.05, 3.63) is 62.3 Å². The molecule has 1 atom stereocenters. The molecule has 0 aliphatic rings. The van der Waals surface area contributed by atoms with E-state index >= 15 is 0 Å². The molecule has 0 aliphatic heterocycles. The predicted molar refractivity (Wildman–Crippen MR) is 95.1 cm³/mol. The first-order valence-electron chi connectivity index (χ1n) is 7.46. The van der Waals surface area contributed by atoms with Crippen molar-refractivity contribution >= 4 is 23.3 Å². The summed E-state index contributed by atoms with van der Waals surface area (Å²) in [6.45, 7) is 7.95. The van der Waals surface area contributed by atoms with E-state index in [1.54, 1.807) is 6.08 Å². The van der Waals surface area contributed by atoms with E-state index in [0.717, 1.165) is 27.1 Å². The molecule has 0 aliphatic carbocycles. The number of aryl methyl sites for hydroxylation is 3. The lowest BCUT2D eigenvalue weighted by atomic mass is 9.99. The highest BCUT2D eigenvalue weighted by Gasteiger charge is 2.16. The van der Waals surface area contributed by atoms with Crippen LogP contribution in [-0.4, -0.2) is 5.91 Å². The number of thiophene rings is 1. The summed E-state index contributed by atoms with van der Waals surface area (Å²) >= 11 is 1.52. The van der Waals surface area contributed by atoms with Gasteiger partial charge in [0.15, 0.2) is 0 Å². The smallest absolute Gasteiger partial charge is 0.262 e. The van der Waals surface area contributed by atoms with Gasteiger partial charge in [0.2, 0.25) is 0 Å². The van der Waals surface area contributed by atoms with Crippen molar-refractivity contribution < 1.29 is 4.79 Å². The van der Waals surface area contributed by atoms with Gasteiger partial charge in [-0.1, -0.05) is 23.8 Å². The molecule has 4 heteroatoms. The molecule has 1 aromatic heterocycles. The Morgan fingerprint density at radius 2 is 2.00 bits per heavy atom. The van der Waals surface area contributed by atoms with Crippen LogP contribution in [0.2, 0.25) is 0 Å². The lowest BCUT2D eigenvalue weighted by Gasteiger charge is -2.17. The third-order valence-corrected chi connectivity index (χ3v) is 4.76. The Morgan fingerprint density at radius 3 is 2.61 bits per heavy atom. The Morgan fingerprint density at radius 1 is 1.26 bits per heavy atom. The second kappa shape index (κ2) is 7.26. The summed E-state index contributed by atoms with van der Waals surface area (Å²) in [7, 11) is 0. The molecule has 1 amide bonds. The minimum atomic E-state index is -0.339. The van der Waals surface area contributed by atoms with Crippen molar-refractivity contribution in [2.75, 3.05) is 0 Å². The van der Waals surface area contributed by atoms with E-state index < -0.39 is 0 Å². The van der Waals surface area contributed by atoms with Crippen molar-refractivity contribution in [2.24, 2.45) is 0 Å². The van der Waals surface area contributed by atoms with Crippen LogP contribution >= 0.6 is 11.3 Å². The van der Waals surface area contributed by atoms with Gasteiger partial charge in [-0.3, -0.25) is 4.79 Å². The highest BCUT2D eigenvalue weighted by molar-refractivity contribution is 7.11. The first-order valence-corrected chi connectivity index (χ1v) is 8.34. The third kappa shape index (κ3) is 4.08. The molecular weight excluding hydrogens is 304 g/mol. The minimum Gasteiger partial charge on any atom is -0.345 e. The van der Waals surface area contributed by atoms with Crippen molar-refractivity contribution in [1.82, 2.24) is 5.32 Å². The monoisotopic (exact) mass is 324 g/mol. The molecule has 1 aromatic carbocycles. The number of nitriles is 1. The van der Waals surface area contributed by atoms with Gasteiger partial charge in [0.25, 0.3) is 5.91 Å². The molecule has 118 valence electrons. The van der Waals surface area contributed by atoms with Gasteiger partial charge in [0.1, 0.15) is 11.6 Å². The molecule has 2 aromatic rings. The molecule has 0 fully saturated rings. The molecule has 0 radical (unpaired) electrons. The molecular formula is C19H20N2OS. The summed E-state index contributed by atoms with van der Waals surface area (Å²) in [5.74, 6) is -0.339. The number of carbonyl (C=O) groups is 1. The normalized spacial score (nSPS) is 12.6. The highest BCUT2D eigenvalue weighted by atomic mass is 32.1. The molecule has 0 spiro atoms. The van der Waals surface area contributed by atoms with Gasteiger partial charge in [0.05, 0.1) is 6.04 Å². The van der Waals surface area contributed by atoms with Crippen molar-refractivity contribution in [2.45, 2.75) is 33.7 Å². The van der Waals surface area contributed by atoms with E-state index in [1.807, 2.05) is 57.3 Å². The number of benzene rings is 1. The quantitative estimate of drug-likeness (QED) is 0.667. The van der Waals surface area contributed by atoms with Gasteiger partial charge in [-0.15, -0.1) is 11.3 Å². The maximum absolute atomic E-state index is 12.4. The molecule has 3 nitrogen and oxygen atoms in total. The number of nitrogens with one attached hydrogen (secondary N) is 1. The van der Waals surface area contributed by atoms with E-state index in [9.17, 15) is 10.1 Å². The molecule has 1 heterocycles. The maximum atomic E-state index is 12.4. The van der Waals surface area contributed by atoms with Gasteiger partial charge in [0, 0.05) is 4.88 Å². The maximum Gasteiger partial charge on any atom is 0.262 e. The number of carbonyl (C=O) groups excluding carboxylic acids is 1. The first kappa shape index (κ1) is 17.0. The zero-order chi connectivity index (χ0) is 17.0. The van der Waals surface area contributed by atoms with Gasteiger partial charge in [-0.05, 0) is 61.9 Å². The Kier molecular flexibility index (Phi) is 5.36. The van der Waals surface area contributed by atoms with Crippen LogP contribution in [-0.2, 0) is 4.79 Å². The van der Waals surface area contributed by atoms with Crippen LogP contribution in [0.4, 0.5) is 0 Å². The summed E-state index contributed by atoms with van der Waals surface area (Å²) in [5.41, 5.74) is 4.55. The topological polar surface area (TPSA) is 52.9 Å². The summed E-state index contributed by atoms with van der Waals surface area (Å²) in [4.78, 5) is 13.3. The van der Waals surface area contributed by atoms with Crippen LogP contribution in [0.3, 0.4) is 0 Å². The van der Waals surface area contributed by atoms with Crippen LogP contribution in [0, 0.1) is 32.1 Å². The summed E-state index contributed by atoms with van der Waals surface area (Å²) in [6.07, 6.45) is 1.66. The van der Waals surface area contributed by atoms with Gasteiger partial charge >= 0.3 is 0 Å². The largest absolute Gasteiger partial charge is 0.345 e. The Hall–Kier alpha value is -2.38. The van der Waals surface area contributed by atoms with Crippen LogP contribution < -0.4 is 5.32 Å². The van der Waals surface area contributed by atoms with Crippen LogP contribution in [0.5, 0.6) is 0 Å². The molecule has 2 rings (SSSR count). The summed E-state index contributed by atoms with van der Waals surface area (Å²) in [5, 5.41) is 14.2. The highest BCUT2D eigenvalue weighted by Crippen LogP contribution is 2.21. The summed E-state index contributed by atoms with van der Waals surface area (Å²) < 4.78 is 0. The summed E-state index contributed by atoms with van der Waals surface area (Å²) in [6, 6.07) is 9.99. The molecule has 0 saturated heterocycles. The molecule has 0 saturated carbocycles. The lowest BCUT2D eigenvalue weighted by molar-refractivity contribution is -0.117. The SMILES string of the molecule is Cc1ccc(C)c([C@@H](C)NC(=O)/C(C#N)=C\c2sccc2C)c1. The van der Waals surface area contributed by atoms with E-state index in [4.69, 9.17) is 0 Å². The number of nitrogens with zero attached hydrogens (tertiary/aromatic N) is 1. The molecule has 1 N–H and O–H groups in total. The van der Waals surface area contributed by atoms with Crippen LogP contribution in [0.1, 0.15) is 40.1 Å². The molecule has 0 unspecified atom stereocenters. The fraction of sp³-hybridized carbons (Fsp3) is 0.263. The second-order valence-corrected chi connectivity index (χ2v) is 6.64. The van der Waals surface area contributed by atoms with Gasteiger partial charge in [-0.25, -0.2) is 0 Å². The second-order valence-electron chi connectivity index (χ2n) is 5.69.